The Labute approximate surface area is 105 Å². The molecule has 18 heavy (non-hydrogen) atoms. The summed E-state index contributed by atoms with van der Waals surface area (Å²) in [6.45, 7) is 0. The lowest BCUT2D eigenvalue weighted by Crippen LogP contribution is -1.91. The minimum Gasteiger partial charge on any atom is -0.508 e. The van der Waals surface area contributed by atoms with Crippen molar-refractivity contribution in [1.29, 1.82) is 5.26 Å². The van der Waals surface area contributed by atoms with Crippen molar-refractivity contribution in [3.63, 3.8) is 0 Å². The van der Waals surface area contributed by atoms with Gasteiger partial charge >= 0.3 is 0 Å². The summed E-state index contributed by atoms with van der Waals surface area (Å²) in [6, 6.07) is 8.97. The zero-order valence-electron chi connectivity index (χ0n) is 9.83. The predicted octanol–water partition coefficient (Wildman–Crippen LogP) is 2.21. The Morgan fingerprint density at radius 3 is 2.78 bits per heavy atom. The van der Waals surface area contributed by atoms with Crippen molar-refractivity contribution in [2.24, 2.45) is 0 Å². The van der Waals surface area contributed by atoms with Crippen LogP contribution < -0.4 is 0 Å². The average Bonchev–Trinajstić information content (AvgIpc) is 2.80. The molecule has 0 radical (unpaired) electrons. The number of phenols is 1. The Balaban J connectivity index is 1.94. The minimum absolute atomic E-state index is 0.240. The highest BCUT2D eigenvalue weighted by atomic mass is 16.5. The van der Waals surface area contributed by atoms with Crippen LogP contribution in [0.2, 0.25) is 0 Å². The summed E-state index contributed by atoms with van der Waals surface area (Å²) in [5, 5.41) is 21.5. The van der Waals surface area contributed by atoms with Crippen LogP contribution in [0.5, 0.6) is 5.75 Å². The molecule has 0 aliphatic heterocycles. The number of rotatable bonds is 5. The topological polar surface area (TPSA) is 82.9 Å². The molecule has 0 atom stereocenters. The molecule has 92 valence electrons. The molecule has 1 N–H and O–H groups in total. The molecule has 1 aromatic carbocycles. The average molecular weight is 243 g/mol. The van der Waals surface area contributed by atoms with Crippen LogP contribution in [0.25, 0.3) is 0 Å². The molecule has 0 unspecified atom stereocenters. The quantitative estimate of drug-likeness (QED) is 0.814. The lowest BCUT2D eigenvalue weighted by molar-refractivity contribution is 0.371. The third kappa shape index (κ3) is 3.32. The molecular formula is C13H13N3O2. The SMILES string of the molecule is N#CCCCc1nc(Cc2ccc(O)cc2)no1. The number of hydrogen-bond acceptors (Lipinski definition) is 5. The van der Waals surface area contributed by atoms with Crippen LogP contribution in [0, 0.1) is 11.3 Å². The number of benzene rings is 1. The highest BCUT2D eigenvalue weighted by Gasteiger charge is 2.06. The van der Waals surface area contributed by atoms with Crippen LogP contribution in [0.1, 0.15) is 30.1 Å². The number of nitrogens with zero attached hydrogens (tertiary/aromatic N) is 3. The number of nitriles is 1. The molecule has 0 bridgehead atoms. The smallest absolute Gasteiger partial charge is 0.226 e. The second-order valence-electron chi connectivity index (χ2n) is 3.96. The Bertz CT molecular complexity index is 540. The largest absolute Gasteiger partial charge is 0.508 e. The van der Waals surface area contributed by atoms with Crippen molar-refractivity contribution in [2.45, 2.75) is 25.7 Å². The first-order valence-electron chi connectivity index (χ1n) is 5.74. The maximum absolute atomic E-state index is 9.17. The van der Waals surface area contributed by atoms with Gasteiger partial charge in [-0.15, -0.1) is 0 Å². The molecule has 0 amide bonds. The minimum atomic E-state index is 0.240. The maximum atomic E-state index is 9.17. The van der Waals surface area contributed by atoms with Crippen molar-refractivity contribution >= 4 is 0 Å². The van der Waals surface area contributed by atoms with Gasteiger partial charge in [0.2, 0.25) is 5.89 Å². The zero-order chi connectivity index (χ0) is 12.8. The van der Waals surface area contributed by atoms with Gasteiger partial charge in [-0.1, -0.05) is 17.3 Å². The number of phenolic OH excluding ortho intramolecular Hbond substituents is 1. The predicted molar refractivity (Wildman–Crippen MR) is 63.8 cm³/mol. The van der Waals surface area contributed by atoms with Gasteiger partial charge in [0.15, 0.2) is 5.82 Å². The highest BCUT2D eigenvalue weighted by molar-refractivity contribution is 5.27. The molecule has 0 saturated heterocycles. The van der Waals surface area contributed by atoms with E-state index in [2.05, 4.69) is 16.2 Å². The number of hydrogen-bond donors (Lipinski definition) is 1. The normalized spacial score (nSPS) is 10.2. The van der Waals surface area contributed by atoms with Gasteiger partial charge in [-0.05, 0) is 24.1 Å². The highest BCUT2D eigenvalue weighted by Crippen LogP contribution is 2.13. The summed E-state index contributed by atoms with van der Waals surface area (Å²) in [6.07, 6.45) is 2.44. The van der Waals surface area contributed by atoms with Crippen LogP contribution >= 0.6 is 0 Å². The van der Waals surface area contributed by atoms with Crippen LogP contribution in [-0.2, 0) is 12.8 Å². The monoisotopic (exact) mass is 243 g/mol. The number of aromatic nitrogens is 2. The molecule has 2 aromatic rings. The molecule has 2 rings (SSSR count). The molecule has 1 heterocycles. The summed E-state index contributed by atoms with van der Waals surface area (Å²) in [7, 11) is 0. The van der Waals surface area contributed by atoms with E-state index in [9.17, 15) is 5.11 Å². The fourth-order valence-electron chi connectivity index (χ4n) is 1.58. The molecule has 5 nitrogen and oxygen atoms in total. The van der Waals surface area contributed by atoms with Crippen LogP contribution in [0.3, 0.4) is 0 Å². The van der Waals surface area contributed by atoms with E-state index in [1.165, 1.54) is 0 Å². The van der Waals surface area contributed by atoms with Crippen LogP contribution in [0.4, 0.5) is 0 Å². The molecule has 0 aliphatic rings. The van der Waals surface area contributed by atoms with E-state index >= 15 is 0 Å². The lowest BCUT2D eigenvalue weighted by Gasteiger charge is -1.96. The third-order valence-electron chi connectivity index (χ3n) is 2.49. The molecule has 1 aromatic heterocycles. The first-order chi connectivity index (χ1) is 8.78. The molecular weight excluding hydrogens is 230 g/mol. The molecule has 0 fully saturated rings. The summed E-state index contributed by atoms with van der Waals surface area (Å²) < 4.78 is 5.09. The third-order valence-corrected chi connectivity index (χ3v) is 2.49. The number of aromatic hydroxyl groups is 1. The lowest BCUT2D eigenvalue weighted by atomic mass is 10.1. The van der Waals surface area contributed by atoms with Gasteiger partial charge in [0.1, 0.15) is 5.75 Å². The van der Waals surface area contributed by atoms with E-state index < -0.39 is 0 Å². The first-order valence-corrected chi connectivity index (χ1v) is 5.74. The molecule has 5 heteroatoms. The van der Waals surface area contributed by atoms with E-state index in [1.54, 1.807) is 12.1 Å². The summed E-state index contributed by atoms with van der Waals surface area (Å²) in [5.41, 5.74) is 1.01. The number of unbranched alkanes of at least 4 members (excludes halogenated alkanes) is 1. The van der Waals surface area contributed by atoms with Gasteiger partial charge in [-0.2, -0.15) is 10.2 Å². The standard InChI is InChI=1S/C13H13N3O2/c14-8-2-1-3-13-15-12(16-18-13)9-10-4-6-11(17)7-5-10/h4-7,17H,1-3,9H2. The van der Waals surface area contributed by atoms with E-state index in [1.807, 2.05) is 12.1 Å². The van der Waals surface area contributed by atoms with Crippen molar-refractivity contribution in [1.82, 2.24) is 10.1 Å². The van der Waals surface area contributed by atoms with E-state index in [-0.39, 0.29) is 5.75 Å². The molecule has 0 spiro atoms. The zero-order valence-corrected chi connectivity index (χ0v) is 9.83. The van der Waals surface area contributed by atoms with Crippen molar-refractivity contribution in [3.05, 3.63) is 41.5 Å². The van der Waals surface area contributed by atoms with Gasteiger partial charge in [0.05, 0.1) is 6.07 Å². The molecule has 0 saturated carbocycles. The van der Waals surface area contributed by atoms with Crippen molar-refractivity contribution in [3.8, 4) is 11.8 Å². The van der Waals surface area contributed by atoms with Crippen LogP contribution in [0.15, 0.2) is 28.8 Å². The first kappa shape index (κ1) is 12.1. The Kier molecular flexibility index (Phi) is 3.92. The van der Waals surface area contributed by atoms with Gasteiger partial charge in [0.25, 0.3) is 0 Å². The Morgan fingerprint density at radius 2 is 2.06 bits per heavy atom. The maximum Gasteiger partial charge on any atom is 0.226 e. The van der Waals surface area contributed by atoms with Gasteiger partial charge in [0, 0.05) is 19.3 Å². The van der Waals surface area contributed by atoms with Crippen molar-refractivity contribution < 1.29 is 9.63 Å². The summed E-state index contributed by atoms with van der Waals surface area (Å²) >= 11 is 0. The Hall–Kier alpha value is -2.35. The summed E-state index contributed by atoms with van der Waals surface area (Å²) in [4.78, 5) is 4.25. The van der Waals surface area contributed by atoms with E-state index in [4.69, 9.17) is 9.78 Å². The summed E-state index contributed by atoms with van der Waals surface area (Å²) in [5.74, 6) is 1.43. The van der Waals surface area contributed by atoms with Crippen molar-refractivity contribution in [2.75, 3.05) is 0 Å². The second-order valence-corrected chi connectivity index (χ2v) is 3.96. The fraction of sp³-hybridized carbons (Fsp3) is 0.308. The molecule has 0 aliphatic carbocycles. The van der Waals surface area contributed by atoms with E-state index in [0.717, 1.165) is 12.0 Å². The number of aryl methyl sites for hydroxylation is 1. The fourth-order valence-corrected chi connectivity index (χ4v) is 1.58. The van der Waals surface area contributed by atoms with Gasteiger partial charge in [-0.3, -0.25) is 0 Å². The van der Waals surface area contributed by atoms with Gasteiger partial charge < -0.3 is 9.63 Å². The van der Waals surface area contributed by atoms with Crippen LogP contribution in [-0.4, -0.2) is 15.2 Å². The van der Waals surface area contributed by atoms with E-state index in [0.29, 0.717) is 31.0 Å². The van der Waals surface area contributed by atoms with Gasteiger partial charge in [-0.25, -0.2) is 0 Å². The second kappa shape index (κ2) is 5.82. The Morgan fingerprint density at radius 1 is 1.28 bits per heavy atom.